The number of rotatable bonds is 6. The third kappa shape index (κ3) is 3.51. The Bertz CT molecular complexity index is 423. The average molecular weight is 361 g/mol. The van der Waals surface area contributed by atoms with Gasteiger partial charge in [0, 0.05) is 12.1 Å². The van der Waals surface area contributed by atoms with Gasteiger partial charge in [0.15, 0.2) is 11.5 Å². The smallest absolute Gasteiger partial charge is 0.251 e. The second-order valence-electron chi connectivity index (χ2n) is 4.07. The first-order valence-electron chi connectivity index (χ1n) is 6.05. The molecule has 0 saturated heterocycles. The van der Waals surface area contributed by atoms with Crippen LogP contribution in [-0.2, 0) is 0 Å². The number of hydrogen-bond donors (Lipinski definition) is 1. The van der Waals surface area contributed by atoms with E-state index in [4.69, 9.17) is 9.47 Å². The van der Waals surface area contributed by atoms with Crippen molar-refractivity contribution in [2.45, 2.75) is 19.3 Å². The van der Waals surface area contributed by atoms with E-state index in [1.54, 1.807) is 18.2 Å². The molecule has 0 aromatic heterocycles. The highest BCUT2D eigenvalue weighted by atomic mass is 127. The van der Waals surface area contributed by atoms with E-state index in [1.807, 2.05) is 0 Å². The predicted octanol–water partition coefficient (Wildman–Crippen LogP) is 2.75. The van der Waals surface area contributed by atoms with E-state index >= 15 is 0 Å². The SMILES string of the molecule is O=C(NCCCCCI)c1ccc2c(c1)OCO2. The summed E-state index contributed by atoms with van der Waals surface area (Å²) >= 11 is 2.37. The number of benzene rings is 1. The predicted molar refractivity (Wildman–Crippen MR) is 77.6 cm³/mol. The third-order valence-corrected chi connectivity index (χ3v) is 3.49. The number of fused-ring (bicyclic) bond motifs is 1. The zero-order valence-electron chi connectivity index (χ0n) is 10.1. The number of ether oxygens (including phenoxy) is 2. The Labute approximate surface area is 120 Å². The van der Waals surface area contributed by atoms with Gasteiger partial charge >= 0.3 is 0 Å². The molecule has 5 heteroatoms. The van der Waals surface area contributed by atoms with Crippen LogP contribution >= 0.6 is 22.6 Å². The quantitative estimate of drug-likeness (QED) is 0.482. The van der Waals surface area contributed by atoms with Crippen molar-refractivity contribution >= 4 is 28.5 Å². The minimum absolute atomic E-state index is 0.0530. The molecular weight excluding hydrogens is 345 g/mol. The molecule has 1 aromatic rings. The average Bonchev–Trinajstić information content (AvgIpc) is 2.85. The van der Waals surface area contributed by atoms with Gasteiger partial charge in [-0.25, -0.2) is 0 Å². The van der Waals surface area contributed by atoms with E-state index in [0.29, 0.717) is 17.1 Å². The van der Waals surface area contributed by atoms with Crippen molar-refractivity contribution < 1.29 is 14.3 Å². The molecule has 1 aromatic carbocycles. The topological polar surface area (TPSA) is 47.6 Å². The maximum atomic E-state index is 11.9. The van der Waals surface area contributed by atoms with Crippen LogP contribution in [0, 0.1) is 0 Å². The van der Waals surface area contributed by atoms with E-state index in [2.05, 4.69) is 27.9 Å². The maximum absolute atomic E-state index is 11.9. The first kappa shape index (κ1) is 13.5. The molecule has 1 aliphatic rings. The molecule has 98 valence electrons. The molecule has 0 atom stereocenters. The maximum Gasteiger partial charge on any atom is 0.251 e. The van der Waals surface area contributed by atoms with E-state index in [0.717, 1.165) is 19.4 Å². The van der Waals surface area contributed by atoms with Gasteiger partial charge in [0.05, 0.1) is 0 Å². The highest BCUT2D eigenvalue weighted by Gasteiger charge is 2.15. The van der Waals surface area contributed by atoms with Gasteiger partial charge in [-0.1, -0.05) is 29.0 Å². The largest absolute Gasteiger partial charge is 0.454 e. The van der Waals surface area contributed by atoms with Crippen molar-refractivity contribution in [2.24, 2.45) is 0 Å². The highest BCUT2D eigenvalue weighted by molar-refractivity contribution is 14.1. The highest BCUT2D eigenvalue weighted by Crippen LogP contribution is 2.32. The Morgan fingerprint density at radius 2 is 2.06 bits per heavy atom. The Morgan fingerprint density at radius 1 is 1.22 bits per heavy atom. The van der Waals surface area contributed by atoms with Gasteiger partial charge in [0.1, 0.15) is 0 Å². The summed E-state index contributed by atoms with van der Waals surface area (Å²) in [6.45, 7) is 0.959. The zero-order valence-corrected chi connectivity index (χ0v) is 12.2. The van der Waals surface area contributed by atoms with Crippen LogP contribution in [0.1, 0.15) is 29.6 Å². The van der Waals surface area contributed by atoms with Gasteiger partial charge in [0.2, 0.25) is 6.79 Å². The molecule has 2 rings (SSSR count). The zero-order chi connectivity index (χ0) is 12.8. The van der Waals surface area contributed by atoms with Crippen LogP contribution in [0.2, 0.25) is 0 Å². The van der Waals surface area contributed by atoms with Crippen LogP contribution in [0.5, 0.6) is 11.5 Å². The van der Waals surface area contributed by atoms with Crippen LogP contribution in [0.4, 0.5) is 0 Å². The van der Waals surface area contributed by atoms with Gasteiger partial charge in [0.25, 0.3) is 5.91 Å². The number of alkyl halides is 1. The molecule has 18 heavy (non-hydrogen) atoms. The van der Waals surface area contributed by atoms with Crippen molar-refractivity contribution in [3.63, 3.8) is 0 Å². The minimum Gasteiger partial charge on any atom is -0.454 e. The van der Waals surface area contributed by atoms with Crippen molar-refractivity contribution in [3.05, 3.63) is 23.8 Å². The fourth-order valence-electron chi connectivity index (χ4n) is 1.74. The standard InChI is InChI=1S/C13H16INO3/c14-6-2-1-3-7-15-13(16)10-4-5-11-12(8-10)18-9-17-11/h4-5,8H,1-3,6-7,9H2,(H,15,16). The summed E-state index contributed by atoms with van der Waals surface area (Å²) < 4.78 is 11.6. The normalized spacial score (nSPS) is 12.5. The number of carbonyl (C=O) groups is 1. The minimum atomic E-state index is -0.0530. The van der Waals surface area contributed by atoms with Crippen LogP contribution in [0.15, 0.2) is 18.2 Å². The van der Waals surface area contributed by atoms with Crippen molar-refractivity contribution in [1.82, 2.24) is 5.32 Å². The Balaban J connectivity index is 1.82. The molecule has 0 fully saturated rings. The summed E-state index contributed by atoms with van der Waals surface area (Å²) in [5, 5.41) is 2.91. The van der Waals surface area contributed by atoms with Gasteiger partial charge in [-0.05, 0) is 35.5 Å². The lowest BCUT2D eigenvalue weighted by Gasteiger charge is -2.05. The monoisotopic (exact) mass is 361 g/mol. The number of amides is 1. The molecule has 0 aliphatic carbocycles. The molecule has 0 bridgehead atoms. The van der Waals surface area contributed by atoms with Crippen molar-refractivity contribution in [3.8, 4) is 11.5 Å². The second-order valence-corrected chi connectivity index (χ2v) is 5.15. The molecule has 0 radical (unpaired) electrons. The number of nitrogens with one attached hydrogen (secondary N) is 1. The number of halogens is 1. The van der Waals surface area contributed by atoms with Crippen LogP contribution < -0.4 is 14.8 Å². The molecule has 0 spiro atoms. The van der Waals surface area contributed by atoms with Gasteiger partial charge in [-0.2, -0.15) is 0 Å². The van der Waals surface area contributed by atoms with Crippen molar-refractivity contribution in [1.29, 1.82) is 0 Å². The number of hydrogen-bond acceptors (Lipinski definition) is 3. The van der Waals surface area contributed by atoms with Gasteiger partial charge in [-0.15, -0.1) is 0 Å². The summed E-state index contributed by atoms with van der Waals surface area (Å²) in [4.78, 5) is 11.9. The van der Waals surface area contributed by atoms with E-state index in [-0.39, 0.29) is 12.7 Å². The molecule has 1 N–H and O–H groups in total. The first-order chi connectivity index (χ1) is 8.81. The summed E-state index contributed by atoms with van der Waals surface area (Å²) in [7, 11) is 0. The lowest BCUT2D eigenvalue weighted by atomic mass is 10.2. The van der Waals surface area contributed by atoms with E-state index in [9.17, 15) is 4.79 Å². The van der Waals surface area contributed by atoms with Crippen LogP contribution in [0.3, 0.4) is 0 Å². The fourth-order valence-corrected chi connectivity index (χ4v) is 2.28. The summed E-state index contributed by atoms with van der Waals surface area (Å²) in [5.41, 5.74) is 0.619. The molecule has 1 amide bonds. The van der Waals surface area contributed by atoms with Gasteiger partial charge in [-0.3, -0.25) is 4.79 Å². The summed E-state index contributed by atoms with van der Waals surface area (Å²) in [5.74, 6) is 1.30. The van der Waals surface area contributed by atoms with E-state index < -0.39 is 0 Å². The van der Waals surface area contributed by atoms with Gasteiger partial charge < -0.3 is 14.8 Å². The van der Waals surface area contributed by atoms with Crippen LogP contribution in [-0.4, -0.2) is 23.7 Å². The third-order valence-electron chi connectivity index (χ3n) is 2.73. The van der Waals surface area contributed by atoms with E-state index in [1.165, 1.54) is 10.8 Å². The fraction of sp³-hybridized carbons (Fsp3) is 0.462. The summed E-state index contributed by atoms with van der Waals surface area (Å²) in [6.07, 6.45) is 3.39. The lowest BCUT2D eigenvalue weighted by molar-refractivity contribution is 0.0952. The summed E-state index contributed by atoms with van der Waals surface area (Å²) in [6, 6.07) is 5.25. The van der Waals surface area contributed by atoms with Crippen LogP contribution in [0.25, 0.3) is 0 Å². The second kappa shape index (κ2) is 6.82. The Morgan fingerprint density at radius 3 is 2.89 bits per heavy atom. The van der Waals surface area contributed by atoms with Crippen molar-refractivity contribution in [2.75, 3.05) is 17.8 Å². The molecule has 0 saturated carbocycles. The lowest BCUT2D eigenvalue weighted by Crippen LogP contribution is -2.24. The Kier molecular flexibility index (Phi) is 5.10. The molecule has 4 nitrogen and oxygen atoms in total. The number of unbranched alkanes of at least 4 members (excludes halogenated alkanes) is 2. The molecule has 1 aliphatic heterocycles. The number of carbonyl (C=O) groups excluding carboxylic acids is 1. The molecule has 1 heterocycles. The molecular formula is C13H16INO3. The Hall–Kier alpha value is -0.980. The molecule has 0 unspecified atom stereocenters. The first-order valence-corrected chi connectivity index (χ1v) is 7.57.